The van der Waals surface area contributed by atoms with Gasteiger partial charge < -0.3 is 0 Å². The third kappa shape index (κ3) is 1.21. The summed E-state index contributed by atoms with van der Waals surface area (Å²) in [6.07, 6.45) is 0.475. The third-order valence-corrected chi connectivity index (χ3v) is 1.33. The quantitative estimate of drug-likeness (QED) is 0.471. The van der Waals surface area contributed by atoms with Gasteiger partial charge in [0, 0.05) is 0 Å². The van der Waals surface area contributed by atoms with E-state index in [1.54, 1.807) is 0 Å². The van der Waals surface area contributed by atoms with Crippen molar-refractivity contribution < 1.29 is 14.0 Å². The molecule has 1 aromatic rings. The molecule has 1 aromatic heterocycles. The first-order valence-electron chi connectivity index (χ1n) is 3.25. The number of hydrogen-bond acceptors (Lipinski definition) is 3. The number of aldehydes is 1. The van der Waals surface area contributed by atoms with E-state index >= 15 is 0 Å². The van der Waals surface area contributed by atoms with E-state index in [4.69, 9.17) is 0 Å². The van der Waals surface area contributed by atoms with Gasteiger partial charge in [0.25, 0.3) is 0 Å². The predicted molar refractivity (Wildman–Crippen MR) is 35.3 cm³/mol. The number of hydrogen-bond donors (Lipinski definition) is 1. The molecule has 1 N–H and O–H groups in total. The molecule has 0 bridgehead atoms. The Morgan fingerprint density at radius 2 is 2.27 bits per heavy atom. The van der Waals surface area contributed by atoms with Crippen LogP contribution < -0.4 is 10.3 Å². The Kier molecular flexibility index (Phi) is 1.89. The van der Waals surface area contributed by atoms with Crippen LogP contribution >= 0.6 is 0 Å². The SMILES string of the molecule is CC(C)[n+]1[nH]oc(=O)c1C=O. The maximum absolute atomic E-state index is 10.7. The molecule has 0 amide bonds. The van der Waals surface area contributed by atoms with E-state index in [-0.39, 0.29) is 11.7 Å². The lowest BCUT2D eigenvalue weighted by Crippen LogP contribution is -2.43. The molecule has 1 heterocycles. The van der Waals surface area contributed by atoms with Gasteiger partial charge >= 0.3 is 11.3 Å². The molecule has 0 saturated carbocycles. The Labute approximate surface area is 62.6 Å². The standard InChI is InChI=1S/C6H8N2O3/c1-4(2)8-5(3-9)6(10)11-7-8/h3-4H,1-2H3/p+1. The Balaban J connectivity index is 3.26. The highest BCUT2D eigenvalue weighted by atomic mass is 16.5. The molecule has 0 aromatic carbocycles. The van der Waals surface area contributed by atoms with Gasteiger partial charge in [-0.25, -0.2) is 4.79 Å². The van der Waals surface area contributed by atoms with Gasteiger partial charge in [-0.2, -0.15) is 0 Å². The van der Waals surface area contributed by atoms with Crippen molar-refractivity contribution in [3.8, 4) is 0 Å². The van der Waals surface area contributed by atoms with E-state index in [2.05, 4.69) is 9.79 Å². The van der Waals surface area contributed by atoms with Crippen LogP contribution in [0.3, 0.4) is 0 Å². The maximum Gasteiger partial charge on any atom is 0.438 e. The van der Waals surface area contributed by atoms with Crippen molar-refractivity contribution in [2.75, 3.05) is 0 Å². The Bertz CT molecular complexity index is 310. The summed E-state index contributed by atoms with van der Waals surface area (Å²) in [6, 6.07) is 0.0154. The van der Waals surface area contributed by atoms with Gasteiger partial charge in [0.05, 0.1) is 0 Å². The first kappa shape index (κ1) is 7.71. The fourth-order valence-corrected chi connectivity index (χ4v) is 0.779. The van der Waals surface area contributed by atoms with Crippen molar-refractivity contribution in [2.24, 2.45) is 0 Å². The lowest BCUT2D eigenvalue weighted by atomic mass is 10.4. The molecule has 5 nitrogen and oxygen atoms in total. The average molecular weight is 157 g/mol. The Morgan fingerprint density at radius 1 is 1.64 bits per heavy atom. The molecule has 1 rings (SSSR count). The van der Waals surface area contributed by atoms with Crippen LogP contribution in [0.25, 0.3) is 0 Å². The highest BCUT2D eigenvalue weighted by Gasteiger charge is 2.21. The molecule has 0 atom stereocenters. The second-order valence-electron chi connectivity index (χ2n) is 2.45. The van der Waals surface area contributed by atoms with Crippen LogP contribution in [0.4, 0.5) is 0 Å². The molecule has 0 aliphatic carbocycles. The molecule has 0 saturated heterocycles. The van der Waals surface area contributed by atoms with Gasteiger partial charge in [-0.15, -0.1) is 0 Å². The maximum atomic E-state index is 10.7. The number of aromatic amines is 1. The van der Waals surface area contributed by atoms with Crippen LogP contribution in [0.5, 0.6) is 0 Å². The first-order valence-corrected chi connectivity index (χ1v) is 3.25. The topological polar surface area (TPSA) is 67.0 Å². The molecular formula is C6H9N2O3+. The van der Waals surface area contributed by atoms with Crippen molar-refractivity contribution in [2.45, 2.75) is 19.9 Å². The molecule has 5 heteroatoms. The number of rotatable bonds is 2. The molecule has 0 aliphatic rings. The Morgan fingerprint density at radius 3 is 2.64 bits per heavy atom. The highest BCUT2D eigenvalue weighted by Crippen LogP contribution is 1.88. The third-order valence-electron chi connectivity index (χ3n) is 1.33. The van der Waals surface area contributed by atoms with Crippen molar-refractivity contribution in [3.05, 3.63) is 16.1 Å². The van der Waals surface area contributed by atoms with Crippen LogP contribution in [0.2, 0.25) is 0 Å². The van der Waals surface area contributed by atoms with Crippen molar-refractivity contribution in [1.29, 1.82) is 0 Å². The first-order chi connectivity index (χ1) is 5.16. The van der Waals surface area contributed by atoms with Crippen LogP contribution in [0.1, 0.15) is 30.4 Å². The van der Waals surface area contributed by atoms with Gasteiger partial charge in [-0.1, -0.05) is 4.68 Å². The smallest absolute Gasteiger partial charge is 0.291 e. The number of carbonyl (C=O) groups excluding carboxylic acids is 1. The molecule has 0 radical (unpaired) electrons. The van der Waals surface area contributed by atoms with Gasteiger partial charge in [0.15, 0.2) is 6.04 Å². The molecule has 0 unspecified atom stereocenters. The highest BCUT2D eigenvalue weighted by molar-refractivity contribution is 5.68. The van der Waals surface area contributed by atoms with Crippen molar-refractivity contribution >= 4 is 6.29 Å². The van der Waals surface area contributed by atoms with Gasteiger partial charge in [-0.3, -0.25) is 9.32 Å². The summed E-state index contributed by atoms with van der Waals surface area (Å²) in [4.78, 5) is 21.0. The number of nitrogens with one attached hydrogen (secondary N) is 1. The van der Waals surface area contributed by atoms with Crippen LogP contribution in [0.15, 0.2) is 9.32 Å². The van der Waals surface area contributed by atoms with Crippen LogP contribution in [0, 0.1) is 0 Å². The van der Waals surface area contributed by atoms with E-state index in [1.807, 2.05) is 13.8 Å². The van der Waals surface area contributed by atoms with E-state index in [0.29, 0.717) is 6.29 Å². The molecule has 0 spiro atoms. The zero-order valence-corrected chi connectivity index (χ0v) is 6.33. The zero-order valence-electron chi connectivity index (χ0n) is 6.33. The summed E-state index contributed by atoms with van der Waals surface area (Å²) in [7, 11) is 0. The second-order valence-corrected chi connectivity index (χ2v) is 2.45. The van der Waals surface area contributed by atoms with Crippen molar-refractivity contribution in [1.82, 2.24) is 5.27 Å². The van der Waals surface area contributed by atoms with E-state index in [9.17, 15) is 9.59 Å². The van der Waals surface area contributed by atoms with E-state index in [0.717, 1.165) is 0 Å². The summed E-state index contributed by atoms with van der Waals surface area (Å²) in [6.45, 7) is 3.66. The largest absolute Gasteiger partial charge is 0.438 e. The number of carbonyl (C=O) groups is 1. The minimum absolute atomic E-state index is 0.0139. The van der Waals surface area contributed by atoms with E-state index in [1.165, 1.54) is 4.68 Å². The van der Waals surface area contributed by atoms with Crippen LogP contribution in [-0.2, 0) is 0 Å². The van der Waals surface area contributed by atoms with Gasteiger partial charge in [0.1, 0.15) is 0 Å². The van der Waals surface area contributed by atoms with Gasteiger partial charge in [0.2, 0.25) is 6.29 Å². The zero-order chi connectivity index (χ0) is 8.43. The minimum Gasteiger partial charge on any atom is -0.291 e. The summed E-state index contributed by atoms with van der Waals surface area (Å²) in [5.74, 6) is 0. The summed E-state index contributed by atoms with van der Waals surface area (Å²) in [5.41, 5.74) is -0.617. The summed E-state index contributed by atoms with van der Waals surface area (Å²) in [5, 5.41) is 2.32. The molecular weight excluding hydrogens is 148 g/mol. The van der Waals surface area contributed by atoms with Crippen molar-refractivity contribution in [3.63, 3.8) is 0 Å². The monoisotopic (exact) mass is 157 g/mol. The average Bonchev–Trinajstić information content (AvgIpc) is 2.30. The van der Waals surface area contributed by atoms with Crippen LogP contribution in [-0.4, -0.2) is 11.6 Å². The predicted octanol–water partition coefficient (Wildman–Crippen LogP) is -0.351. The lowest BCUT2D eigenvalue weighted by molar-refractivity contribution is -0.780. The lowest BCUT2D eigenvalue weighted by Gasteiger charge is -1.90. The summed E-state index contributed by atoms with van der Waals surface area (Å²) < 4.78 is 5.77. The summed E-state index contributed by atoms with van der Waals surface area (Å²) >= 11 is 0. The number of aromatic nitrogens is 2. The normalized spacial score (nSPS) is 10.5. The van der Waals surface area contributed by atoms with E-state index < -0.39 is 5.63 Å². The Hall–Kier alpha value is -1.39. The minimum atomic E-state index is -0.631. The number of nitrogens with zero attached hydrogens (tertiary/aromatic N) is 1. The molecule has 0 fully saturated rings. The second kappa shape index (κ2) is 2.69. The fraction of sp³-hybridized carbons (Fsp3) is 0.500. The van der Waals surface area contributed by atoms with Gasteiger partial charge in [-0.05, 0) is 19.1 Å². The molecule has 60 valence electrons. The fourth-order valence-electron chi connectivity index (χ4n) is 0.779. The molecule has 0 aliphatic heterocycles. The number of H-pyrrole nitrogens is 1. The molecule has 11 heavy (non-hydrogen) atoms.